The van der Waals surface area contributed by atoms with Gasteiger partial charge in [-0.15, -0.1) is 0 Å². The van der Waals surface area contributed by atoms with E-state index in [0.717, 1.165) is 23.8 Å². The molecule has 4 N–H and O–H groups in total. The van der Waals surface area contributed by atoms with Crippen LogP contribution < -0.4 is 5.73 Å². The van der Waals surface area contributed by atoms with Crippen LogP contribution in [0, 0.1) is 0 Å². The van der Waals surface area contributed by atoms with Crippen LogP contribution in [-0.2, 0) is 20.7 Å². The average molecular weight is 522 g/mol. The van der Waals surface area contributed by atoms with Crippen LogP contribution in [-0.4, -0.2) is 64.1 Å². The minimum Gasteiger partial charge on any atom is -0.507 e. The maximum Gasteiger partial charge on any atom is 0.341 e. The number of phenols is 1. The van der Waals surface area contributed by atoms with Gasteiger partial charge in [0.15, 0.2) is 0 Å². The number of carboxylic acids is 1. The van der Waals surface area contributed by atoms with E-state index >= 15 is 0 Å². The monoisotopic (exact) mass is 521 g/mol. The second-order valence-electron chi connectivity index (χ2n) is 6.90. The lowest BCUT2D eigenvalue weighted by atomic mass is 10.1. The molecule has 0 aromatic heterocycles. The van der Waals surface area contributed by atoms with Gasteiger partial charge in [-0.05, 0) is 37.0 Å². The zero-order valence-electron chi connectivity index (χ0n) is 18.1. The van der Waals surface area contributed by atoms with Gasteiger partial charge in [-0.1, -0.05) is 55.7 Å². The van der Waals surface area contributed by atoms with Crippen LogP contribution in [0.1, 0.15) is 48.0 Å². The summed E-state index contributed by atoms with van der Waals surface area (Å²) in [7, 11) is 8.19. The molecule has 1 aliphatic heterocycles. The Bertz CT molecular complexity index is 728. The maximum atomic E-state index is 11.8. The number of carboxylic acid groups (broad SMARTS) is 1. The van der Waals surface area contributed by atoms with Crippen LogP contribution in [0.3, 0.4) is 0 Å². The van der Waals surface area contributed by atoms with Crippen molar-refractivity contribution in [2.24, 2.45) is 5.73 Å². The summed E-state index contributed by atoms with van der Waals surface area (Å²) in [6, 6.07) is 4.50. The van der Waals surface area contributed by atoms with E-state index in [1.165, 1.54) is 48.6 Å². The Morgan fingerprint density at radius 1 is 1.25 bits per heavy atom. The van der Waals surface area contributed by atoms with Gasteiger partial charge in [-0.25, -0.2) is 4.79 Å². The predicted octanol–water partition coefficient (Wildman–Crippen LogP) is 4.42. The van der Waals surface area contributed by atoms with Crippen molar-refractivity contribution in [1.82, 2.24) is 0 Å². The van der Waals surface area contributed by atoms with E-state index in [1.54, 1.807) is 16.9 Å². The number of methoxy groups -OCH3 is 1. The first-order chi connectivity index (χ1) is 15.4. The Morgan fingerprint density at radius 3 is 2.66 bits per heavy atom. The smallest absolute Gasteiger partial charge is 0.341 e. The molecule has 2 rings (SSSR count). The largest absolute Gasteiger partial charge is 0.507 e. The van der Waals surface area contributed by atoms with E-state index in [-0.39, 0.29) is 23.5 Å². The molecule has 1 aliphatic rings. The molecule has 7 nitrogen and oxygen atoms in total. The first-order valence-corrected chi connectivity index (χ1v) is 15.1. The third-order valence-electron chi connectivity index (χ3n) is 4.27. The van der Waals surface area contributed by atoms with Crippen LogP contribution >= 0.6 is 43.2 Å². The van der Waals surface area contributed by atoms with Gasteiger partial charge in [-0.3, -0.25) is 9.59 Å². The molecule has 1 unspecified atom stereocenters. The van der Waals surface area contributed by atoms with Crippen molar-refractivity contribution in [1.29, 1.82) is 0 Å². The zero-order valence-corrected chi connectivity index (χ0v) is 21.4. The number of esters is 1. The zero-order chi connectivity index (χ0) is 23.8. The highest BCUT2D eigenvalue weighted by atomic mass is 33.1. The van der Waals surface area contributed by atoms with Crippen LogP contribution in [0.5, 0.6) is 5.75 Å². The van der Waals surface area contributed by atoms with Crippen LogP contribution in [0.25, 0.3) is 0 Å². The summed E-state index contributed by atoms with van der Waals surface area (Å²) in [5, 5.41) is 18.8. The topological polar surface area (TPSA) is 127 Å². The Labute approximate surface area is 205 Å². The molecule has 1 fully saturated rings. The van der Waals surface area contributed by atoms with E-state index in [1.807, 2.05) is 21.6 Å². The number of carbonyl (C=O) groups excluding carboxylic acids is 2. The third-order valence-corrected chi connectivity index (χ3v) is 9.64. The van der Waals surface area contributed by atoms with Gasteiger partial charge in [0, 0.05) is 36.1 Å². The Hall–Kier alpha value is -1.01. The summed E-state index contributed by atoms with van der Waals surface area (Å²) < 4.78 is 4.57. The number of benzene rings is 1. The lowest BCUT2D eigenvalue weighted by Gasteiger charge is -2.06. The van der Waals surface area contributed by atoms with E-state index in [4.69, 9.17) is 10.8 Å². The van der Waals surface area contributed by atoms with Gasteiger partial charge in [-0.2, -0.15) is 0 Å². The number of aliphatic carboxylic acids is 1. The van der Waals surface area contributed by atoms with Crippen molar-refractivity contribution < 1.29 is 29.3 Å². The molecule has 11 heteroatoms. The number of hydrogen-bond acceptors (Lipinski definition) is 10. The average Bonchev–Trinajstić information content (AvgIpc) is 3.29. The SMILES string of the molecule is COC(=O)c1cc(CC(=O)CSSCCN)ccc1O.O=C(O)CCCCC1CCSS1. The van der Waals surface area contributed by atoms with Gasteiger partial charge in [0.1, 0.15) is 17.1 Å². The standard InChI is InChI=1S/C13H17NO4S2.C8H14O2S2/c1-18-13(17)11-7-9(2-3-12(11)16)6-10(15)8-20-19-5-4-14;9-8(10)4-2-1-3-7-5-6-11-12-7/h2-3,7,16H,4-6,8,14H2,1H3;7H,1-6H2,(H,9,10). The van der Waals surface area contributed by atoms with Gasteiger partial charge in [0.2, 0.25) is 0 Å². The molecule has 1 atom stereocenters. The lowest BCUT2D eigenvalue weighted by Crippen LogP contribution is -2.08. The van der Waals surface area contributed by atoms with Crippen molar-refractivity contribution in [2.45, 2.75) is 43.8 Å². The molecule has 1 heterocycles. The van der Waals surface area contributed by atoms with Gasteiger partial charge >= 0.3 is 11.9 Å². The number of hydrogen-bond donors (Lipinski definition) is 3. The van der Waals surface area contributed by atoms with Crippen molar-refractivity contribution >= 4 is 60.9 Å². The molecule has 0 radical (unpaired) electrons. The second-order valence-corrected chi connectivity index (χ2v) is 12.3. The first kappa shape index (κ1) is 29.0. The number of phenolic OH excluding ortho intramolecular Hbond substituents is 1. The molecule has 0 aliphatic carbocycles. The Kier molecular flexibility index (Phi) is 15.8. The molecule has 180 valence electrons. The summed E-state index contributed by atoms with van der Waals surface area (Å²) in [6.45, 7) is 0.590. The molecular weight excluding hydrogens is 491 g/mol. The molecule has 1 saturated heterocycles. The lowest BCUT2D eigenvalue weighted by molar-refractivity contribution is -0.137. The van der Waals surface area contributed by atoms with Crippen molar-refractivity contribution in [3.63, 3.8) is 0 Å². The third kappa shape index (κ3) is 12.9. The molecular formula is C21H31NO6S4. The Morgan fingerprint density at radius 2 is 2.03 bits per heavy atom. The minimum absolute atomic E-state index is 0.0565. The molecule has 0 spiro atoms. The number of rotatable bonds is 13. The van der Waals surface area contributed by atoms with Crippen LogP contribution in [0.4, 0.5) is 0 Å². The van der Waals surface area contributed by atoms with Crippen LogP contribution in [0.2, 0.25) is 0 Å². The van der Waals surface area contributed by atoms with Crippen molar-refractivity contribution in [2.75, 3.05) is 30.9 Å². The molecule has 1 aromatic carbocycles. The number of nitrogens with two attached hydrogens (primary N) is 1. The van der Waals surface area contributed by atoms with Crippen LogP contribution in [0.15, 0.2) is 18.2 Å². The van der Waals surface area contributed by atoms with Crippen molar-refractivity contribution in [3.8, 4) is 5.75 Å². The normalized spacial score (nSPS) is 15.0. The first-order valence-electron chi connectivity index (χ1n) is 10.2. The Balaban J connectivity index is 0.000000363. The minimum atomic E-state index is -0.663. The summed E-state index contributed by atoms with van der Waals surface area (Å²) >= 11 is 0. The van der Waals surface area contributed by atoms with E-state index < -0.39 is 11.9 Å². The highest BCUT2D eigenvalue weighted by Crippen LogP contribution is 2.39. The molecule has 0 amide bonds. The van der Waals surface area contributed by atoms with Crippen molar-refractivity contribution in [3.05, 3.63) is 29.3 Å². The highest BCUT2D eigenvalue weighted by molar-refractivity contribution is 8.77. The quantitative estimate of drug-likeness (QED) is 0.194. The summed E-state index contributed by atoms with van der Waals surface area (Å²) in [6.07, 6.45) is 4.99. The molecule has 1 aromatic rings. The van der Waals surface area contributed by atoms with Gasteiger partial charge < -0.3 is 20.7 Å². The van der Waals surface area contributed by atoms with E-state index in [2.05, 4.69) is 4.74 Å². The maximum absolute atomic E-state index is 11.8. The predicted molar refractivity (Wildman–Crippen MR) is 137 cm³/mol. The summed E-state index contributed by atoms with van der Waals surface area (Å²) in [4.78, 5) is 33.4. The molecule has 0 bridgehead atoms. The second kappa shape index (κ2) is 17.5. The highest BCUT2D eigenvalue weighted by Gasteiger charge is 2.16. The number of ketones is 1. The number of unbranched alkanes of at least 4 members (excludes halogenated alkanes) is 1. The molecule has 0 saturated carbocycles. The number of Topliss-reactive ketones (excluding diaryl/α,β-unsaturated/α-hetero) is 1. The summed E-state index contributed by atoms with van der Waals surface area (Å²) in [5.74, 6) is 1.09. The fraction of sp³-hybridized carbons (Fsp3) is 0.571. The number of ether oxygens (including phenoxy) is 1. The fourth-order valence-corrected chi connectivity index (χ4v) is 7.52. The number of carbonyl (C=O) groups is 3. The fourth-order valence-electron chi connectivity index (χ4n) is 2.67. The van der Waals surface area contributed by atoms with E-state index in [0.29, 0.717) is 24.3 Å². The summed E-state index contributed by atoms with van der Waals surface area (Å²) in [5.41, 5.74) is 6.11. The van der Waals surface area contributed by atoms with Gasteiger partial charge in [0.25, 0.3) is 0 Å². The van der Waals surface area contributed by atoms with Gasteiger partial charge in [0.05, 0.1) is 12.9 Å². The molecule has 32 heavy (non-hydrogen) atoms. The number of aromatic hydroxyl groups is 1. The van der Waals surface area contributed by atoms with E-state index in [9.17, 15) is 19.5 Å².